The SMILES string of the molecule is O=C1C(Cl)=C(Nc2ccc(N3CCNCC3)cc2)C(=O)c2ccccc21. The largest absolute Gasteiger partial charge is 0.369 e. The summed E-state index contributed by atoms with van der Waals surface area (Å²) in [4.78, 5) is 27.5. The molecule has 1 fully saturated rings. The van der Waals surface area contributed by atoms with Crippen molar-refractivity contribution in [1.29, 1.82) is 0 Å². The number of carbonyl (C=O) groups is 2. The Hall–Kier alpha value is -2.63. The van der Waals surface area contributed by atoms with Crippen LogP contribution in [0, 0.1) is 0 Å². The Morgan fingerprint density at radius 3 is 2.15 bits per heavy atom. The van der Waals surface area contributed by atoms with Crippen LogP contribution >= 0.6 is 11.6 Å². The molecule has 0 bridgehead atoms. The first-order valence-electron chi connectivity index (χ1n) is 8.56. The van der Waals surface area contributed by atoms with Gasteiger partial charge in [-0.15, -0.1) is 0 Å². The minimum atomic E-state index is -0.332. The summed E-state index contributed by atoms with van der Waals surface area (Å²) in [5, 5.41) is 6.29. The first kappa shape index (κ1) is 16.8. The molecule has 1 heterocycles. The lowest BCUT2D eigenvalue weighted by molar-refractivity contribution is 0.0982. The first-order chi connectivity index (χ1) is 12.6. The average Bonchev–Trinajstić information content (AvgIpc) is 2.71. The topological polar surface area (TPSA) is 61.4 Å². The zero-order chi connectivity index (χ0) is 18.1. The van der Waals surface area contributed by atoms with Crippen LogP contribution in [0.25, 0.3) is 0 Å². The fraction of sp³-hybridized carbons (Fsp3) is 0.200. The maximum atomic E-state index is 12.7. The molecule has 2 aliphatic rings. The van der Waals surface area contributed by atoms with E-state index in [1.54, 1.807) is 24.3 Å². The van der Waals surface area contributed by atoms with Gasteiger partial charge in [0.1, 0.15) is 10.7 Å². The Kier molecular flexibility index (Phi) is 4.49. The molecule has 1 aliphatic heterocycles. The number of Topliss-reactive ketones (excluding diaryl/α,β-unsaturated/α-hetero) is 2. The Labute approximate surface area is 156 Å². The molecule has 2 aromatic carbocycles. The number of fused-ring (bicyclic) bond motifs is 1. The number of allylic oxidation sites excluding steroid dienone is 2. The van der Waals surface area contributed by atoms with Crippen molar-refractivity contribution >= 4 is 34.5 Å². The molecule has 26 heavy (non-hydrogen) atoms. The maximum absolute atomic E-state index is 12.7. The van der Waals surface area contributed by atoms with Crippen molar-refractivity contribution in [3.63, 3.8) is 0 Å². The van der Waals surface area contributed by atoms with E-state index in [1.165, 1.54) is 0 Å². The quantitative estimate of drug-likeness (QED) is 0.873. The molecule has 132 valence electrons. The number of halogens is 1. The van der Waals surface area contributed by atoms with Crippen molar-refractivity contribution in [3.05, 3.63) is 70.4 Å². The third kappa shape index (κ3) is 3.00. The molecule has 2 aromatic rings. The van der Waals surface area contributed by atoms with E-state index >= 15 is 0 Å². The van der Waals surface area contributed by atoms with E-state index in [9.17, 15) is 9.59 Å². The predicted molar refractivity (Wildman–Crippen MR) is 103 cm³/mol. The number of piperazine rings is 1. The van der Waals surface area contributed by atoms with Gasteiger partial charge in [0, 0.05) is 48.7 Å². The molecule has 4 rings (SSSR count). The number of hydrogen-bond acceptors (Lipinski definition) is 5. The van der Waals surface area contributed by atoms with Gasteiger partial charge in [-0.05, 0) is 24.3 Å². The van der Waals surface area contributed by atoms with Gasteiger partial charge in [0.15, 0.2) is 0 Å². The van der Waals surface area contributed by atoms with E-state index in [2.05, 4.69) is 15.5 Å². The monoisotopic (exact) mass is 367 g/mol. The molecule has 0 spiro atoms. The Bertz CT molecular complexity index is 900. The van der Waals surface area contributed by atoms with Gasteiger partial charge in [-0.1, -0.05) is 35.9 Å². The van der Waals surface area contributed by atoms with E-state index in [0.29, 0.717) is 11.1 Å². The third-order valence-corrected chi connectivity index (χ3v) is 5.04. The molecule has 0 amide bonds. The molecular weight excluding hydrogens is 350 g/mol. The molecule has 6 heteroatoms. The zero-order valence-corrected chi connectivity index (χ0v) is 14.8. The second kappa shape index (κ2) is 6.94. The standard InChI is InChI=1S/C20H18ClN3O2/c21-17-18(20(26)16-4-2-1-3-15(16)19(17)25)23-13-5-7-14(8-6-13)24-11-9-22-10-12-24/h1-8,22-23H,9-12H2. The third-order valence-electron chi connectivity index (χ3n) is 4.68. The molecule has 1 saturated heterocycles. The van der Waals surface area contributed by atoms with Crippen molar-refractivity contribution in [2.24, 2.45) is 0 Å². The lowest BCUT2D eigenvalue weighted by Crippen LogP contribution is -2.43. The molecule has 1 aliphatic carbocycles. The molecule has 0 unspecified atom stereocenters. The van der Waals surface area contributed by atoms with Crippen molar-refractivity contribution in [2.75, 3.05) is 36.4 Å². The lowest BCUT2D eigenvalue weighted by atomic mass is 9.92. The van der Waals surface area contributed by atoms with Gasteiger partial charge in [-0.25, -0.2) is 0 Å². The van der Waals surface area contributed by atoms with E-state index in [4.69, 9.17) is 11.6 Å². The van der Waals surface area contributed by atoms with E-state index in [1.807, 2.05) is 24.3 Å². The summed E-state index contributed by atoms with van der Waals surface area (Å²) in [6.45, 7) is 3.87. The number of benzene rings is 2. The Morgan fingerprint density at radius 1 is 0.885 bits per heavy atom. The van der Waals surface area contributed by atoms with Crippen LogP contribution in [0.4, 0.5) is 11.4 Å². The number of carbonyl (C=O) groups excluding carboxylic acids is 2. The number of anilines is 2. The molecule has 2 N–H and O–H groups in total. The molecule has 0 atom stereocenters. The number of nitrogens with one attached hydrogen (secondary N) is 2. The van der Waals surface area contributed by atoms with Crippen molar-refractivity contribution in [2.45, 2.75) is 0 Å². The minimum Gasteiger partial charge on any atom is -0.369 e. The Morgan fingerprint density at radius 2 is 1.50 bits per heavy atom. The fourth-order valence-electron chi connectivity index (χ4n) is 3.28. The average molecular weight is 368 g/mol. The van der Waals surface area contributed by atoms with Gasteiger partial charge in [0.25, 0.3) is 0 Å². The van der Waals surface area contributed by atoms with E-state index in [0.717, 1.165) is 37.6 Å². The predicted octanol–water partition coefficient (Wildman–Crippen LogP) is 3.04. The van der Waals surface area contributed by atoms with Crippen LogP contribution < -0.4 is 15.5 Å². The lowest BCUT2D eigenvalue weighted by Gasteiger charge is -2.29. The van der Waals surface area contributed by atoms with Gasteiger partial charge in [0.2, 0.25) is 11.6 Å². The highest BCUT2D eigenvalue weighted by Crippen LogP contribution is 2.30. The van der Waals surface area contributed by atoms with E-state index in [-0.39, 0.29) is 22.3 Å². The summed E-state index contributed by atoms with van der Waals surface area (Å²) < 4.78 is 0. The van der Waals surface area contributed by atoms with Gasteiger partial charge < -0.3 is 15.5 Å². The van der Waals surface area contributed by atoms with Crippen LogP contribution in [0.3, 0.4) is 0 Å². The number of ketones is 2. The summed E-state index contributed by atoms with van der Waals surface area (Å²) in [7, 11) is 0. The second-order valence-electron chi connectivity index (χ2n) is 6.30. The van der Waals surface area contributed by atoms with Crippen molar-refractivity contribution in [1.82, 2.24) is 5.32 Å². The number of hydrogen-bond donors (Lipinski definition) is 2. The van der Waals surface area contributed by atoms with Crippen molar-refractivity contribution in [3.8, 4) is 0 Å². The molecule has 5 nitrogen and oxygen atoms in total. The minimum absolute atomic E-state index is 0.0696. The zero-order valence-electron chi connectivity index (χ0n) is 14.1. The highest BCUT2D eigenvalue weighted by Gasteiger charge is 2.31. The van der Waals surface area contributed by atoms with Gasteiger partial charge in [-0.2, -0.15) is 0 Å². The van der Waals surface area contributed by atoms with Crippen LogP contribution in [0.15, 0.2) is 59.3 Å². The molecule has 0 radical (unpaired) electrons. The molecular formula is C20H18ClN3O2. The van der Waals surface area contributed by atoms with Crippen molar-refractivity contribution < 1.29 is 9.59 Å². The highest BCUT2D eigenvalue weighted by atomic mass is 35.5. The normalized spacial score (nSPS) is 17.3. The fourth-order valence-corrected chi connectivity index (χ4v) is 3.51. The Balaban J connectivity index is 1.58. The highest BCUT2D eigenvalue weighted by molar-refractivity contribution is 6.50. The van der Waals surface area contributed by atoms with Crippen LogP contribution in [-0.2, 0) is 0 Å². The summed E-state index contributed by atoms with van der Waals surface area (Å²) in [6, 6.07) is 14.5. The molecule has 0 aromatic heterocycles. The maximum Gasteiger partial charge on any atom is 0.211 e. The van der Waals surface area contributed by atoms with Crippen LogP contribution in [0.1, 0.15) is 20.7 Å². The van der Waals surface area contributed by atoms with Gasteiger partial charge in [-0.3, -0.25) is 9.59 Å². The summed E-state index contributed by atoms with van der Waals surface area (Å²) in [5.41, 5.74) is 2.71. The van der Waals surface area contributed by atoms with Crippen LogP contribution in [0.5, 0.6) is 0 Å². The second-order valence-corrected chi connectivity index (χ2v) is 6.68. The smallest absolute Gasteiger partial charge is 0.211 e. The van der Waals surface area contributed by atoms with Gasteiger partial charge in [0.05, 0.1) is 0 Å². The van der Waals surface area contributed by atoms with Crippen LogP contribution in [-0.4, -0.2) is 37.7 Å². The van der Waals surface area contributed by atoms with Crippen LogP contribution in [0.2, 0.25) is 0 Å². The summed E-state index contributed by atoms with van der Waals surface area (Å²) in [5.74, 6) is -0.599. The summed E-state index contributed by atoms with van der Waals surface area (Å²) in [6.07, 6.45) is 0. The number of rotatable bonds is 3. The van der Waals surface area contributed by atoms with E-state index < -0.39 is 0 Å². The first-order valence-corrected chi connectivity index (χ1v) is 8.94. The van der Waals surface area contributed by atoms with Gasteiger partial charge >= 0.3 is 0 Å². The molecule has 0 saturated carbocycles. The summed E-state index contributed by atoms with van der Waals surface area (Å²) >= 11 is 6.19. The number of nitrogens with zero attached hydrogens (tertiary/aromatic N) is 1.